The first-order chi connectivity index (χ1) is 12.1. The van der Waals surface area contributed by atoms with Gasteiger partial charge in [-0.05, 0) is 38.0 Å². The molecule has 1 amide bonds. The van der Waals surface area contributed by atoms with Gasteiger partial charge in [-0.15, -0.1) is 0 Å². The summed E-state index contributed by atoms with van der Waals surface area (Å²) in [6.45, 7) is 2.22. The van der Waals surface area contributed by atoms with Crippen molar-refractivity contribution in [2.75, 3.05) is 11.9 Å². The van der Waals surface area contributed by atoms with Crippen LogP contribution in [-0.4, -0.2) is 29.5 Å². The van der Waals surface area contributed by atoms with Crippen LogP contribution in [0, 0.1) is 17.8 Å². The van der Waals surface area contributed by atoms with Crippen LogP contribution in [0.4, 0.5) is 5.69 Å². The zero-order chi connectivity index (χ0) is 17.6. The van der Waals surface area contributed by atoms with Gasteiger partial charge >= 0.3 is 5.97 Å². The number of esters is 1. The molecule has 0 saturated heterocycles. The molecular formula is C19H23N3O3. The molecule has 1 heterocycles. The van der Waals surface area contributed by atoms with Crippen molar-refractivity contribution in [2.24, 2.45) is 23.5 Å². The molecule has 6 heteroatoms. The van der Waals surface area contributed by atoms with Crippen LogP contribution >= 0.6 is 0 Å². The van der Waals surface area contributed by atoms with Gasteiger partial charge in [0.05, 0.1) is 29.5 Å². The summed E-state index contributed by atoms with van der Waals surface area (Å²) in [5.74, 6) is -0.00466. The molecule has 2 bridgehead atoms. The SMILES string of the molecule is CCOC(=O)[C@@H]1[C@@H]2CC[C@@H](C2)[C@@H]1Nc1c(C(N)=O)cnc2c1C=CC2. The van der Waals surface area contributed by atoms with Gasteiger partial charge in [0.1, 0.15) is 0 Å². The van der Waals surface area contributed by atoms with Crippen molar-refractivity contribution in [1.29, 1.82) is 0 Å². The molecule has 3 N–H and O–H groups in total. The van der Waals surface area contributed by atoms with Gasteiger partial charge in [0.25, 0.3) is 5.91 Å². The molecule has 3 aliphatic carbocycles. The highest BCUT2D eigenvalue weighted by Gasteiger charge is 2.52. The minimum Gasteiger partial charge on any atom is -0.466 e. The fourth-order valence-corrected chi connectivity index (χ4v) is 4.78. The Hall–Kier alpha value is -2.37. The number of nitrogens with two attached hydrogens (primary N) is 1. The summed E-state index contributed by atoms with van der Waals surface area (Å²) < 4.78 is 5.32. The van der Waals surface area contributed by atoms with Gasteiger partial charge < -0.3 is 15.8 Å². The lowest BCUT2D eigenvalue weighted by Crippen LogP contribution is -2.41. The Morgan fingerprint density at radius 1 is 1.36 bits per heavy atom. The largest absolute Gasteiger partial charge is 0.466 e. The van der Waals surface area contributed by atoms with Crippen LogP contribution < -0.4 is 11.1 Å². The van der Waals surface area contributed by atoms with Gasteiger partial charge in [0.2, 0.25) is 0 Å². The maximum Gasteiger partial charge on any atom is 0.311 e. The summed E-state index contributed by atoms with van der Waals surface area (Å²) in [5, 5.41) is 3.52. The number of primary amides is 1. The second kappa shape index (κ2) is 6.17. The Morgan fingerprint density at radius 3 is 2.92 bits per heavy atom. The molecular weight excluding hydrogens is 318 g/mol. The molecule has 2 fully saturated rings. The number of nitrogens with zero attached hydrogens (tertiary/aromatic N) is 1. The lowest BCUT2D eigenvalue weighted by atomic mass is 9.84. The summed E-state index contributed by atoms with van der Waals surface area (Å²) >= 11 is 0. The number of hydrogen-bond donors (Lipinski definition) is 2. The lowest BCUT2D eigenvalue weighted by Gasteiger charge is -2.32. The topological polar surface area (TPSA) is 94.3 Å². The highest BCUT2D eigenvalue weighted by atomic mass is 16.5. The molecule has 2 saturated carbocycles. The first kappa shape index (κ1) is 16.1. The first-order valence-electron chi connectivity index (χ1n) is 9.01. The molecule has 0 unspecified atom stereocenters. The van der Waals surface area contributed by atoms with Crippen molar-refractivity contribution in [3.8, 4) is 0 Å². The Kier molecular flexibility index (Phi) is 3.98. The minimum absolute atomic E-state index is 0.0172. The van der Waals surface area contributed by atoms with E-state index in [1.165, 1.54) is 0 Å². The van der Waals surface area contributed by atoms with Crippen LogP contribution in [0.15, 0.2) is 12.3 Å². The number of carbonyl (C=O) groups is 2. The van der Waals surface area contributed by atoms with E-state index in [9.17, 15) is 9.59 Å². The number of carbonyl (C=O) groups excluding carboxylic acids is 2. The van der Waals surface area contributed by atoms with Crippen LogP contribution in [-0.2, 0) is 16.0 Å². The van der Waals surface area contributed by atoms with E-state index in [0.29, 0.717) is 24.0 Å². The van der Waals surface area contributed by atoms with E-state index >= 15 is 0 Å². The molecule has 1 aromatic rings. The Labute approximate surface area is 146 Å². The standard InChI is InChI=1S/C19H23N3O3/c1-2-25-19(24)15-10-6-7-11(8-10)16(15)22-17-12-4-3-5-14(12)21-9-13(17)18(20)23/h3-4,9-11,15-16H,2,5-8H2,1H3,(H2,20,23)(H,21,22)/t10-,11+,15-,16+/m1/s1. The molecule has 4 rings (SSSR count). The average molecular weight is 341 g/mol. The van der Waals surface area contributed by atoms with Gasteiger partial charge in [-0.25, -0.2) is 0 Å². The van der Waals surface area contributed by atoms with E-state index in [2.05, 4.69) is 10.3 Å². The molecule has 0 aliphatic heterocycles. The number of nitrogens with one attached hydrogen (secondary N) is 1. The minimum atomic E-state index is -0.506. The van der Waals surface area contributed by atoms with Crippen molar-refractivity contribution in [2.45, 2.75) is 38.6 Å². The van der Waals surface area contributed by atoms with Gasteiger partial charge in [0, 0.05) is 24.2 Å². The van der Waals surface area contributed by atoms with E-state index in [0.717, 1.165) is 42.6 Å². The second-order valence-electron chi connectivity index (χ2n) is 7.16. The van der Waals surface area contributed by atoms with E-state index in [1.807, 2.05) is 19.1 Å². The van der Waals surface area contributed by atoms with Crippen molar-refractivity contribution >= 4 is 23.6 Å². The first-order valence-corrected chi connectivity index (χ1v) is 9.01. The van der Waals surface area contributed by atoms with Crippen LogP contribution in [0.25, 0.3) is 6.08 Å². The number of ether oxygens (including phenoxy) is 1. The normalized spacial score (nSPS) is 28.8. The average Bonchev–Trinajstić information content (AvgIpc) is 3.30. The number of rotatable bonds is 5. The second-order valence-corrected chi connectivity index (χ2v) is 7.16. The zero-order valence-corrected chi connectivity index (χ0v) is 14.3. The van der Waals surface area contributed by atoms with Gasteiger partial charge in [0.15, 0.2) is 0 Å². The van der Waals surface area contributed by atoms with Crippen LogP contribution in [0.2, 0.25) is 0 Å². The fourth-order valence-electron chi connectivity index (χ4n) is 4.78. The van der Waals surface area contributed by atoms with E-state index < -0.39 is 5.91 Å². The lowest BCUT2D eigenvalue weighted by molar-refractivity contribution is -0.150. The Morgan fingerprint density at radius 2 is 2.16 bits per heavy atom. The van der Waals surface area contributed by atoms with Gasteiger partial charge in [-0.2, -0.15) is 0 Å². The van der Waals surface area contributed by atoms with Crippen molar-refractivity contribution < 1.29 is 14.3 Å². The van der Waals surface area contributed by atoms with Crippen LogP contribution in [0.1, 0.15) is 47.8 Å². The quantitative estimate of drug-likeness (QED) is 0.800. The summed E-state index contributed by atoms with van der Waals surface area (Å²) in [4.78, 5) is 28.8. The third kappa shape index (κ3) is 2.60. The maximum atomic E-state index is 12.5. The smallest absolute Gasteiger partial charge is 0.311 e. The highest BCUT2D eigenvalue weighted by molar-refractivity contribution is 6.00. The van der Waals surface area contributed by atoms with Crippen molar-refractivity contribution in [3.63, 3.8) is 0 Å². The number of allylic oxidation sites excluding steroid dienone is 1. The molecule has 6 nitrogen and oxygen atoms in total. The summed E-state index contributed by atoms with van der Waals surface area (Å²) in [5.41, 5.74) is 8.52. The van der Waals surface area contributed by atoms with Gasteiger partial charge in [-0.1, -0.05) is 12.2 Å². The van der Waals surface area contributed by atoms with Crippen LogP contribution in [0.3, 0.4) is 0 Å². The van der Waals surface area contributed by atoms with Crippen molar-refractivity contribution in [1.82, 2.24) is 4.98 Å². The maximum absolute atomic E-state index is 12.5. The number of fused-ring (bicyclic) bond motifs is 3. The number of aromatic nitrogens is 1. The molecule has 132 valence electrons. The Bertz CT molecular complexity index is 759. The zero-order valence-electron chi connectivity index (χ0n) is 14.3. The van der Waals surface area contributed by atoms with Gasteiger partial charge in [-0.3, -0.25) is 14.6 Å². The molecule has 0 spiro atoms. The summed E-state index contributed by atoms with van der Waals surface area (Å²) in [7, 11) is 0. The Balaban J connectivity index is 1.69. The molecule has 1 aromatic heterocycles. The van der Waals surface area contributed by atoms with E-state index in [1.54, 1.807) is 6.20 Å². The third-order valence-corrected chi connectivity index (χ3v) is 5.85. The van der Waals surface area contributed by atoms with Crippen LogP contribution in [0.5, 0.6) is 0 Å². The van der Waals surface area contributed by atoms with E-state index in [4.69, 9.17) is 10.5 Å². The number of pyridine rings is 1. The monoisotopic (exact) mass is 341 g/mol. The fraction of sp³-hybridized carbons (Fsp3) is 0.526. The number of amides is 1. The number of hydrogen-bond acceptors (Lipinski definition) is 5. The predicted molar refractivity (Wildman–Crippen MR) is 93.9 cm³/mol. The molecule has 25 heavy (non-hydrogen) atoms. The van der Waals surface area contributed by atoms with E-state index in [-0.39, 0.29) is 17.9 Å². The highest BCUT2D eigenvalue weighted by Crippen LogP contribution is 2.50. The molecule has 4 atom stereocenters. The van der Waals surface area contributed by atoms with Crippen molar-refractivity contribution in [3.05, 3.63) is 29.1 Å². The molecule has 3 aliphatic rings. The summed E-state index contributed by atoms with van der Waals surface area (Å²) in [6, 6.07) is -0.0172. The summed E-state index contributed by atoms with van der Waals surface area (Å²) in [6.07, 6.45) is 9.51. The molecule has 0 radical (unpaired) electrons. The predicted octanol–water partition coefficient (Wildman–Crippen LogP) is 2.14. The number of anilines is 1. The third-order valence-electron chi connectivity index (χ3n) is 5.85. The molecule has 0 aromatic carbocycles.